The lowest BCUT2D eigenvalue weighted by atomic mass is 9.92. The molecule has 1 N–H and O–H groups in total. The van der Waals surface area contributed by atoms with Crippen molar-refractivity contribution in [2.75, 3.05) is 13.2 Å². The van der Waals surface area contributed by atoms with Crippen LogP contribution in [0.5, 0.6) is 0 Å². The van der Waals surface area contributed by atoms with Crippen LogP contribution in [-0.4, -0.2) is 42.7 Å². The second-order valence-corrected chi connectivity index (χ2v) is 8.98. The van der Waals surface area contributed by atoms with E-state index in [-0.39, 0.29) is 12.2 Å². The first-order valence-electron chi connectivity index (χ1n) is 7.03. The maximum Gasteiger partial charge on any atom is 0.337 e. The van der Waals surface area contributed by atoms with Crippen LogP contribution in [-0.2, 0) is 24.0 Å². The lowest BCUT2D eigenvalue weighted by Crippen LogP contribution is -2.59. The minimum Gasteiger partial charge on any atom is -0.464 e. The van der Waals surface area contributed by atoms with Crippen LogP contribution in [0, 0.1) is 5.82 Å². The summed E-state index contributed by atoms with van der Waals surface area (Å²) in [4.78, 5) is 24.9. The fraction of sp³-hybridized carbons (Fsp3) is 0.429. The number of halogens is 4. The number of carbonyl (C=O) groups excluding carboxylic acids is 2. The van der Waals surface area contributed by atoms with E-state index in [4.69, 9.17) is 39.5 Å². The first-order chi connectivity index (χ1) is 11.8. The van der Waals surface area contributed by atoms with Gasteiger partial charge in [0.2, 0.25) is 3.79 Å². The summed E-state index contributed by atoms with van der Waals surface area (Å²) >= 11 is 16.2. The van der Waals surface area contributed by atoms with Gasteiger partial charge in [-0.25, -0.2) is 9.18 Å². The van der Waals surface area contributed by atoms with E-state index in [1.165, 1.54) is 6.92 Å². The Morgan fingerprint density at radius 1 is 1.19 bits per heavy atom. The molecule has 0 aliphatic heterocycles. The maximum atomic E-state index is 13.0. The van der Waals surface area contributed by atoms with E-state index in [9.17, 15) is 22.4 Å². The van der Waals surface area contributed by atoms with Gasteiger partial charge in [-0.2, -0.15) is 13.1 Å². The molecule has 12 heteroatoms. The van der Waals surface area contributed by atoms with E-state index in [1.54, 1.807) is 4.72 Å². The minimum absolute atomic E-state index is 0.123. The molecule has 0 aliphatic rings. The summed E-state index contributed by atoms with van der Waals surface area (Å²) in [7, 11) is -4.70. The van der Waals surface area contributed by atoms with E-state index >= 15 is 0 Å². The zero-order chi connectivity index (χ0) is 20.2. The third-order valence-electron chi connectivity index (χ3n) is 2.95. The molecule has 0 heterocycles. The van der Waals surface area contributed by atoms with Crippen molar-refractivity contribution < 1.29 is 31.3 Å². The third kappa shape index (κ3) is 6.64. The lowest BCUT2D eigenvalue weighted by molar-refractivity contribution is -0.147. The SMILES string of the molecule is CCOC(=O)C(C)(NS(=O)(=O)OCC(Cl)(Cl)Cl)C(=O)c1ccc(F)cc1. The Balaban J connectivity index is 3.19. The maximum absolute atomic E-state index is 13.0. The smallest absolute Gasteiger partial charge is 0.337 e. The summed E-state index contributed by atoms with van der Waals surface area (Å²) in [5.74, 6) is -2.79. The van der Waals surface area contributed by atoms with Gasteiger partial charge in [0.25, 0.3) is 0 Å². The summed E-state index contributed by atoms with van der Waals surface area (Å²) in [6, 6.07) is 4.14. The molecule has 0 spiro atoms. The van der Waals surface area contributed by atoms with Crippen molar-refractivity contribution >= 4 is 56.9 Å². The molecule has 0 radical (unpaired) electrons. The first-order valence-corrected chi connectivity index (χ1v) is 9.57. The number of alkyl halides is 3. The second kappa shape index (κ2) is 8.81. The van der Waals surface area contributed by atoms with Crippen molar-refractivity contribution in [3.05, 3.63) is 35.6 Å². The highest BCUT2D eigenvalue weighted by molar-refractivity contribution is 7.84. The number of Topliss-reactive ketones (excluding diaryl/α,β-unsaturated/α-hetero) is 1. The molecule has 0 bridgehead atoms. The highest BCUT2D eigenvalue weighted by Crippen LogP contribution is 2.27. The topological polar surface area (TPSA) is 98.8 Å². The molecular formula is C14H15Cl3FNO6S. The van der Waals surface area contributed by atoms with Crippen LogP contribution in [0.3, 0.4) is 0 Å². The van der Waals surface area contributed by atoms with Gasteiger partial charge in [0.15, 0.2) is 11.3 Å². The number of nitrogens with one attached hydrogen (secondary N) is 1. The average Bonchev–Trinajstić information content (AvgIpc) is 2.52. The fourth-order valence-corrected chi connectivity index (χ4v) is 3.19. The van der Waals surface area contributed by atoms with Crippen molar-refractivity contribution in [3.8, 4) is 0 Å². The normalized spacial score (nSPS) is 14.5. The van der Waals surface area contributed by atoms with Gasteiger partial charge < -0.3 is 4.74 Å². The molecule has 0 aromatic heterocycles. The van der Waals surface area contributed by atoms with Crippen molar-refractivity contribution in [2.24, 2.45) is 0 Å². The number of benzene rings is 1. The average molecular weight is 451 g/mol. The molecule has 0 aliphatic carbocycles. The molecule has 0 amide bonds. The van der Waals surface area contributed by atoms with Crippen molar-refractivity contribution in [2.45, 2.75) is 23.2 Å². The van der Waals surface area contributed by atoms with Gasteiger partial charge in [-0.3, -0.25) is 8.98 Å². The Morgan fingerprint density at radius 3 is 2.19 bits per heavy atom. The molecule has 0 saturated heterocycles. The van der Waals surface area contributed by atoms with Crippen molar-refractivity contribution in [1.29, 1.82) is 0 Å². The highest BCUT2D eigenvalue weighted by atomic mass is 35.6. The van der Waals surface area contributed by atoms with Gasteiger partial charge in [0.05, 0.1) is 6.61 Å². The van der Waals surface area contributed by atoms with Crippen LogP contribution in [0.15, 0.2) is 24.3 Å². The zero-order valence-electron chi connectivity index (χ0n) is 13.6. The number of hydrogen-bond acceptors (Lipinski definition) is 6. The van der Waals surface area contributed by atoms with Gasteiger partial charge in [-0.1, -0.05) is 34.8 Å². The molecule has 1 rings (SSSR count). The monoisotopic (exact) mass is 449 g/mol. The minimum atomic E-state index is -4.70. The summed E-state index contributed by atoms with van der Waals surface area (Å²) in [5.41, 5.74) is -2.52. The Labute approximate surface area is 164 Å². The number of carbonyl (C=O) groups is 2. The third-order valence-corrected chi connectivity index (χ3v) is 4.36. The predicted molar refractivity (Wildman–Crippen MR) is 94.1 cm³/mol. The van der Waals surface area contributed by atoms with Gasteiger partial charge in [0.1, 0.15) is 12.4 Å². The molecule has 0 fully saturated rings. The summed E-state index contributed by atoms with van der Waals surface area (Å²) in [5, 5.41) is 0. The Hall–Kier alpha value is -0.970. The van der Waals surface area contributed by atoms with Gasteiger partial charge in [0, 0.05) is 5.56 Å². The molecule has 1 atom stereocenters. The number of ketones is 1. The predicted octanol–water partition coefficient (Wildman–Crippen LogP) is 2.55. The molecule has 7 nitrogen and oxygen atoms in total. The fourth-order valence-electron chi connectivity index (χ4n) is 1.77. The van der Waals surface area contributed by atoms with Crippen LogP contribution >= 0.6 is 34.8 Å². The van der Waals surface area contributed by atoms with E-state index in [0.717, 1.165) is 31.2 Å². The van der Waals surface area contributed by atoms with Crippen molar-refractivity contribution in [1.82, 2.24) is 4.72 Å². The summed E-state index contributed by atoms with van der Waals surface area (Å²) in [6.45, 7) is 1.46. The molecule has 1 aromatic carbocycles. The highest BCUT2D eigenvalue weighted by Gasteiger charge is 2.47. The molecular weight excluding hydrogens is 436 g/mol. The lowest BCUT2D eigenvalue weighted by Gasteiger charge is -2.26. The number of rotatable bonds is 8. The largest absolute Gasteiger partial charge is 0.464 e. The van der Waals surface area contributed by atoms with E-state index in [2.05, 4.69) is 4.18 Å². The number of ether oxygens (including phenoxy) is 1. The summed E-state index contributed by atoms with van der Waals surface area (Å²) in [6.07, 6.45) is 0. The Bertz CT molecular complexity index is 766. The van der Waals surface area contributed by atoms with Gasteiger partial charge in [-0.15, -0.1) is 0 Å². The van der Waals surface area contributed by atoms with Crippen LogP contribution in [0.25, 0.3) is 0 Å². The van der Waals surface area contributed by atoms with E-state index in [0.29, 0.717) is 0 Å². The van der Waals surface area contributed by atoms with Crippen LogP contribution < -0.4 is 4.72 Å². The van der Waals surface area contributed by atoms with Gasteiger partial charge in [-0.05, 0) is 38.1 Å². The van der Waals surface area contributed by atoms with E-state index in [1.807, 2.05) is 0 Å². The number of hydrogen-bond donors (Lipinski definition) is 1. The Kier molecular flexibility index (Phi) is 7.82. The molecule has 146 valence electrons. The second-order valence-electron chi connectivity index (χ2n) is 5.12. The quantitative estimate of drug-likeness (QED) is 0.283. The standard InChI is InChI=1S/C14H15Cl3FNO6S/c1-3-24-12(21)13(2,11(20)9-4-6-10(18)7-5-9)19-26(22,23)25-8-14(15,16)17/h4-7,19H,3,8H2,1-2H3. The first kappa shape index (κ1) is 23.1. The van der Waals surface area contributed by atoms with Crippen molar-refractivity contribution in [3.63, 3.8) is 0 Å². The van der Waals surface area contributed by atoms with Crippen LogP contribution in [0.1, 0.15) is 24.2 Å². The molecule has 26 heavy (non-hydrogen) atoms. The van der Waals surface area contributed by atoms with E-state index < -0.39 is 43.8 Å². The van der Waals surface area contributed by atoms with Gasteiger partial charge >= 0.3 is 16.3 Å². The zero-order valence-corrected chi connectivity index (χ0v) is 16.7. The van der Waals surface area contributed by atoms with Crippen LogP contribution in [0.2, 0.25) is 0 Å². The molecule has 0 saturated carbocycles. The summed E-state index contributed by atoms with van der Waals surface area (Å²) < 4.78 is 46.2. The molecule has 1 unspecified atom stereocenters. The van der Waals surface area contributed by atoms with Crippen LogP contribution in [0.4, 0.5) is 4.39 Å². The Morgan fingerprint density at radius 2 is 1.73 bits per heavy atom. The number of esters is 1. The molecule has 1 aromatic rings.